The van der Waals surface area contributed by atoms with Gasteiger partial charge in [-0.15, -0.1) is 0 Å². The van der Waals surface area contributed by atoms with Crippen molar-refractivity contribution in [3.63, 3.8) is 0 Å². The van der Waals surface area contributed by atoms with Crippen LogP contribution in [-0.4, -0.2) is 12.5 Å². The summed E-state index contributed by atoms with van der Waals surface area (Å²) in [5, 5.41) is 3.51. The van der Waals surface area contributed by atoms with Gasteiger partial charge in [0.15, 0.2) is 0 Å². The van der Waals surface area contributed by atoms with E-state index in [-0.39, 0.29) is 5.91 Å². The number of nitrogens with one attached hydrogen (secondary N) is 1. The molecule has 0 fully saturated rings. The lowest BCUT2D eigenvalue weighted by Gasteiger charge is -2.09. The second kappa shape index (κ2) is 6.99. The summed E-state index contributed by atoms with van der Waals surface area (Å²) < 4.78 is 5.34. The number of carbonyl (C=O) groups excluding carboxylic acids is 1. The van der Waals surface area contributed by atoms with E-state index >= 15 is 0 Å². The lowest BCUT2D eigenvalue weighted by molar-refractivity contribution is 0.0951. The van der Waals surface area contributed by atoms with Crippen LogP contribution >= 0.6 is 11.6 Å². The molecule has 0 bridgehead atoms. The fourth-order valence-corrected chi connectivity index (χ4v) is 1.99. The van der Waals surface area contributed by atoms with Crippen molar-refractivity contribution >= 4 is 23.2 Å². The molecule has 2 aromatic carbocycles. The van der Waals surface area contributed by atoms with Crippen LogP contribution in [0.15, 0.2) is 42.5 Å². The highest BCUT2D eigenvalue weighted by Crippen LogP contribution is 2.22. The highest BCUT2D eigenvalue weighted by molar-refractivity contribution is 6.30. The number of carbonyl (C=O) groups is 1. The third kappa shape index (κ3) is 4.13. The fourth-order valence-electron chi connectivity index (χ4n) is 1.86. The maximum absolute atomic E-state index is 12.1. The van der Waals surface area contributed by atoms with Gasteiger partial charge in [-0.3, -0.25) is 4.79 Å². The molecule has 2 aromatic rings. The molecule has 110 valence electrons. The van der Waals surface area contributed by atoms with Crippen molar-refractivity contribution in [2.24, 2.45) is 0 Å². The predicted molar refractivity (Wildman–Crippen MR) is 84.6 cm³/mol. The first-order chi connectivity index (χ1) is 10.1. The number of hydrogen-bond acceptors (Lipinski definition) is 3. The molecule has 0 heterocycles. The molecule has 0 aromatic heterocycles. The number of hydrogen-bond donors (Lipinski definition) is 2. The van der Waals surface area contributed by atoms with E-state index in [0.717, 1.165) is 5.56 Å². The zero-order valence-electron chi connectivity index (χ0n) is 11.7. The molecule has 0 aliphatic heterocycles. The standard InChI is InChI=1S/C16H17ClN2O2/c1-2-21-15-8-5-12(9-14(15)18)16(20)19-10-11-3-6-13(17)7-4-11/h3-9H,2,10,18H2,1H3,(H,19,20). The molecule has 21 heavy (non-hydrogen) atoms. The van der Waals surface area contributed by atoms with Crippen molar-refractivity contribution < 1.29 is 9.53 Å². The third-order valence-electron chi connectivity index (χ3n) is 2.94. The van der Waals surface area contributed by atoms with Gasteiger partial charge in [0, 0.05) is 17.1 Å². The molecule has 1 amide bonds. The van der Waals surface area contributed by atoms with E-state index < -0.39 is 0 Å². The molecule has 4 nitrogen and oxygen atoms in total. The van der Waals surface area contributed by atoms with Crippen LogP contribution in [0, 0.1) is 0 Å². The number of ether oxygens (including phenoxy) is 1. The predicted octanol–water partition coefficient (Wildman–Crippen LogP) is 3.25. The van der Waals surface area contributed by atoms with Crippen LogP contribution in [0.2, 0.25) is 5.02 Å². The van der Waals surface area contributed by atoms with Gasteiger partial charge >= 0.3 is 0 Å². The first-order valence-corrected chi connectivity index (χ1v) is 7.03. The molecule has 5 heteroatoms. The van der Waals surface area contributed by atoms with Gasteiger partial charge in [-0.2, -0.15) is 0 Å². The van der Waals surface area contributed by atoms with Crippen LogP contribution in [0.1, 0.15) is 22.8 Å². The second-order valence-electron chi connectivity index (χ2n) is 4.49. The van der Waals surface area contributed by atoms with Gasteiger partial charge in [-0.1, -0.05) is 23.7 Å². The maximum Gasteiger partial charge on any atom is 0.251 e. The van der Waals surface area contributed by atoms with Gasteiger partial charge in [0.1, 0.15) is 5.75 Å². The average Bonchev–Trinajstić information content (AvgIpc) is 2.48. The van der Waals surface area contributed by atoms with Crippen molar-refractivity contribution in [2.75, 3.05) is 12.3 Å². The molecule has 0 radical (unpaired) electrons. The van der Waals surface area contributed by atoms with Crippen molar-refractivity contribution in [2.45, 2.75) is 13.5 Å². The number of anilines is 1. The Bertz CT molecular complexity index is 627. The summed E-state index contributed by atoms with van der Waals surface area (Å²) in [6, 6.07) is 12.3. The summed E-state index contributed by atoms with van der Waals surface area (Å²) in [6.07, 6.45) is 0. The monoisotopic (exact) mass is 304 g/mol. The summed E-state index contributed by atoms with van der Waals surface area (Å²) >= 11 is 5.82. The highest BCUT2D eigenvalue weighted by Gasteiger charge is 2.08. The average molecular weight is 305 g/mol. The highest BCUT2D eigenvalue weighted by atomic mass is 35.5. The van der Waals surface area contributed by atoms with E-state index in [2.05, 4.69) is 5.32 Å². The van der Waals surface area contributed by atoms with Crippen LogP contribution < -0.4 is 15.8 Å². The number of rotatable bonds is 5. The number of nitrogens with two attached hydrogens (primary N) is 1. The SMILES string of the molecule is CCOc1ccc(C(=O)NCc2ccc(Cl)cc2)cc1N. The van der Waals surface area contributed by atoms with Gasteiger partial charge in [-0.25, -0.2) is 0 Å². The van der Waals surface area contributed by atoms with Gasteiger partial charge in [0.25, 0.3) is 5.91 Å². The number of benzene rings is 2. The van der Waals surface area contributed by atoms with Crippen LogP contribution in [-0.2, 0) is 6.54 Å². The van der Waals surface area contributed by atoms with Gasteiger partial charge in [0.2, 0.25) is 0 Å². The molecule has 0 unspecified atom stereocenters. The van der Waals surface area contributed by atoms with Crippen LogP contribution in [0.3, 0.4) is 0 Å². The minimum atomic E-state index is -0.181. The molecular formula is C16H17ClN2O2. The van der Waals surface area contributed by atoms with Gasteiger partial charge in [-0.05, 0) is 42.8 Å². The Labute approximate surface area is 128 Å². The molecule has 3 N–H and O–H groups in total. The summed E-state index contributed by atoms with van der Waals surface area (Å²) in [5.41, 5.74) is 7.79. The van der Waals surface area contributed by atoms with E-state index in [1.807, 2.05) is 19.1 Å². The molecule has 0 aliphatic rings. The molecule has 2 rings (SSSR count). The Kier molecular flexibility index (Phi) is 5.06. The van der Waals surface area contributed by atoms with Crippen molar-refractivity contribution in [1.82, 2.24) is 5.32 Å². The van der Waals surface area contributed by atoms with E-state index in [1.165, 1.54) is 0 Å². The van der Waals surface area contributed by atoms with Gasteiger partial charge < -0.3 is 15.8 Å². The number of amides is 1. The van der Waals surface area contributed by atoms with Crippen molar-refractivity contribution in [1.29, 1.82) is 0 Å². The van der Waals surface area contributed by atoms with E-state index in [9.17, 15) is 4.79 Å². The minimum absolute atomic E-state index is 0.181. The quantitative estimate of drug-likeness (QED) is 0.833. The normalized spacial score (nSPS) is 10.2. The first kappa shape index (κ1) is 15.2. The van der Waals surface area contributed by atoms with Crippen molar-refractivity contribution in [3.8, 4) is 5.75 Å². The Balaban J connectivity index is 2.00. The zero-order valence-corrected chi connectivity index (χ0v) is 12.5. The topological polar surface area (TPSA) is 64.3 Å². The Morgan fingerprint density at radius 1 is 1.24 bits per heavy atom. The number of halogens is 1. The summed E-state index contributed by atoms with van der Waals surface area (Å²) in [6.45, 7) is 2.85. The lowest BCUT2D eigenvalue weighted by atomic mass is 10.1. The minimum Gasteiger partial charge on any atom is -0.492 e. The van der Waals surface area contributed by atoms with Crippen LogP contribution in [0.5, 0.6) is 5.75 Å². The summed E-state index contributed by atoms with van der Waals surface area (Å²) in [7, 11) is 0. The van der Waals surface area contributed by atoms with E-state index in [0.29, 0.717) is 35.2 Å². The fraction of sp³-hybridized carbons (Fsp3) is 0.188. The molecule has 0 aliphatic carbocycles. The second-order valence-corrected chi connectivity index (χ2v) is 4.93. The Morgan fingerprint density at radius 3 is 2.57 bits per heavy atom. The van der Waals surface area contributed by atoms with Crippen LogP contribution in [0.4, 0.5) is 5.69 Å². The molecule has 0 saturated heterocycles. The molecular weight excluding hydrogens is 288 g/mol. The summed E-state index contributed by atoms with van der Waals surface area (Å²) in [4.78, 5) is 12.1. The first-order valence-electron chi connectivity index (χ1n) is 6.65. The van der Waals surface area contributed by atoms with Crippen molar-refractivity contribution in [3.05, 3.63) is 58.6 Å². The summed E-state index contributed by atoms with van der Waals surface area (Å²) in [5.74, 6) is 0.409. The maximum atomic E-state index is 12.1. The third-order valence-corrected chi connectivity index (χ3v) is 3.19. The largest absolute Gasteiger partial charge is 0.492 e. The van der Waals surface area contributed by atoms with E-state index in [4.69, 9.17) is 22.1 Å². The van der Waals surface area contributed by atoms with Gasteiger partial charge in [0.05, 0.1) is 12.3 Å². The van der Waals surface area contributed by atoms with E-state index in [1.54, 1.807) is 30.3 Å². The molecule has 0 atom stereocenters. The number of nitrogen functional groups attached to an aromatic ring is 1. The molecule has 0 saturated carbocycles. The van der Waals surface area contributed by atoms with Crippen LogP contribution in [0.25, 0.3) is 0 Å². The Hall–Kier alpha value is -2.20. The lowest BCUT2D eigenvalue weighted by Crippen LogP contribution is -2.22. The zero-order chi connectivity index (χ0) is 15.2. The smallest absolute Gasteiger partial charge is 0.251 e. The Morgan fingerprint density at radius 2 is 1.95 bits per heavy atom. The molecule has 0 spiro atoms.